The summed E-state index contributed by atoms with van der Waals surface area (Å²) in [4.78, 5) is 16.3. The van der Waals surface area contributed by atoms with Crippen molar-refractivity contribution in [1.82, 2.24) is 4.98 Å². The summed E-state index contributed by atoms with van der Waals surface area (Å²) in [6, 6.07) is 0. The molecule has 1 heterocycles. The molecule has 0 aliphatic heterocycles. The van der Waals surface area contributed by atoms with Crippen molar-refractivity contribution in [3.63, 3.8) is 0 Å². The van der Waals surface area contributed by atoms with E-state index in [-0.39, 0.29) is 6.42 Å². The van der Waals surface area contributed by atoms with Gasteiger partial charge in [-0.1, -0.05) is 25.7 Å². The summed E-state index contributed by atoms with van der Waals surface area (Å²) < 4.78 is 0. The zero-order valence-electron chi connectivity index (χ0n) is 10.2. The normalized spacial score (nSPS) is 17.9. The third kappa shape index (κ3) is 3.28. The third-order valence-corrected chi connectivity index (χ3v) is 4.75. The Bertz CT molecular complexity index is 392. The summed E-state index contributed by atoms with van der Waals surface area (Å²) in [5.41, 5.74) is 0.914. The fourth-order valence-electron chi connectivity index (χ4n) is 2.45. The van der Waals surface area contributed by atoms with Crippen LogP contribution in [0.4, 0.5) is 0 Å². The molecule has 0 amide bonds. The van der Waals surface area contributed by atoms with Crippen molar-refractivity contribution in [1.29, 1.82) is 0 Å². The lowest BCUT2D eigenvalue weighted by Crippen LogP contribution is -1.99. The molecule has 1 aromatic heterocycles. The van der Waals surface area contributed by atoms with Crippen LogP contribution < -0.4 is 0 Å². The van der Waals surface area contributed by atoms with Crippen LogP contribution in [0, 0.1) is 6.92 Å². The monoisotopic (exact) mass is 253 g/mol. The topological polar surface area (TPSA) is 50.2 Å². The maximum Gasteiger partial charge on any atom is 0.308 e. The van der Waals surface area contributed by atoms with Crippen molar-refractivity contribution in [2.75, 3.05) is 0 Å². The lowest BCUT2D eigenvalue weighted by molar-refractivity contribution is -0.136. The minimum atomic E-state index is -0.760. The van der Waals surface area contributed by atoms with Gasteiger partial charge in [-0.3, -0.25) is 4.79 Å². The van der Waals surface area contributed by atoms with Crippen LogP contribution in [0.5, 0.6) is 0 Å². The maximum atomic E-state index is 10.7. The lowest BCUT2D eigenvalue weighted by Gasteiger charge is -2.09. The Kier molecular flexibility index (Phi) is 4.15. The van der Waals surface area contributed by atoms with Gasteiger partial charge in [0.05, 0.1) is 17.1 Å². The fraction of sp³-hybridized carbons (Fsp3) is 0.692. The predicted octanol–water partition coefficient (Wildman–Crippen LogP) is 3.52. The van der Waals surface area contributed by atoms with Crippen LogP contribution in [0.1, 0.15) is 60.0 Å². The number of hydrogen-bond donors (Lipinski definition) is 1. The Labute approximate surface area is 106 Å². The van der Waals surface area contributed by atoms with Gasteiger partial charge in [0.15, 0.2) is 0 Å². The molecule has 1 fully saturated rings. The van der Waals surface area contributed by atoms with Crippen molar-refractivity contribution in [2.24, 2.45) is 0 Å². The summed E-state index contributed by atoms with van der Waals surface area (Å²) in [6.07, 6.45) is 7.82. The SMILES string of the molecule is Cc1nc(C2CCCCCC2)sc1CC(=O)O. The second-order valence-electron chi connectivity index (χ2n) is 4.82. The van der Waals surface area contributed by atoms with Gasteiger partial charge in [0.2, 0.25) is 0 Å². The average Bonchev–Trinajstić information content (AvgIpc) is 2.54. The first-order valence-corrected chi connectivity index (χ1v) is 7.16. The Balaban J connectivity index is 2.12. The molecule has 1 aromatic rings. The van der Waals surface area contributed by atoms with Gasteiger partial charge in [-0.2, -0.15) is 0 Å². The lowest BCUT2D eigenvalue weighted by atomic mass is 10.0. The molecule has 2 rings (SSSR count). The van der Waals surface area contributed by atoms with Gasteiger partial charge in [-0.25, -0.2) is 4.98 Å². The van der Waals surface area contributed by atoms with Gasteiger partial charge in [-0.15, -0.1) is 11.3 Å². The van der Waals surface area contributed by atoms with Crippen LogP contribution in [0.2, 0.25) is 0 Å². The third-order valence-electron chi connectivity index (χ3n) is 3.43. The van der Waals surface area contributed by atoms with Crippen LogP contribution in [0.3, 0.4) is 0 Å². The van der Waals surface area contributed by atoms with Crippen molar-refractivity contribution < 1.29 is 9.90 Å². The van der Waals surface area contributed by atoms with Crippen molar-refractivity contribution in [3.05, 3.63) is 15.6 Å². The molecule has 1 N–H and O–H groups in total. The molecule has 0 atom stereocenters. The molecule has 0 bridgehead atoms. The number of nitrogens with zero attached hydrogens (tertiary/aromatic N) is 1. The quantitative estimate of drug-likeness (QED) is 0.838. The zero-order chi connectivity index (χ0) is 12.3. The molecule has 0 spiro atoms. The summed E-state index contributed by atoms with van der Waals surface area (Å²) in [6.45, 7) is 1.93. The molecule has 0 radical (unpaired) electrons. The van der Waals surface area contributed by atoms with E-state index in [4.69, 9.17) is 5.11 Å². The molecular formula is C13H19NO2S. The van der Waals surface area contributed by atoms with Gasteiger partial charge >= 0.3 is 5.97 Å². The highest BCUT2D eigenvalue weighted by Gasteiger charge is 2.20. The molecule has 1 aliphatic rings. The van der Waals surface area contributed by atoms with Gasteiger partial charge in [0.25, 0.3) is 0 Å². The number of carboxylic acids is 1. The fourth-order valence-corrected chi connectivity index (χ4v) is 3.68. The number of aliphatic carboxylic acids is 1. The highest BCUT2D eigenvalue weighted by atomic mass is 32.1. The van der Waals surface area contributed by atoms with Crippen molar-refractivity contribution >= 4 is 17.3 Å². The van der Waals surface area contributed by atoms with E-state index in [1.54, 1.807) is 11.3 Å². The second kappa shape index (κ2) is 5.63. The minimum absolute atomic E-state index is 0.121. The minimum Gasteiger partial charge on any atom is -0.481 e. The number of hydrogen-bond acceptors (Lipinski definition) is 3. The molecule has 4 heteroatoms. The van der Waals surface area contributed by atoms with E-state index in [0.29, 0.717) is 5.92 Å². The molecule has 17 heavy (non-hydrogen) atoms. The largest absolute Gasteiger partial charge is 0.481 e. The number of carboxylic acid groups (broad SMARTS) is 1. The summed E-state index contributed by atoms with van der Waals surface area (Å²) in [5.74, 6) is -0.187. The molecule has 1 saturated carbocycles. The van der Waals surface area contributed by atoms with E-state index >= 15 is 0 Å². The Morgan fingerprint density at radius 2 is 2.00 bits per heavy atom. The summed E-state index contributed by atoms with van der Waals surface area (Å²) in [7, 11) is 0. The van der Waals surface area contributed by atoms with Gasteiger partial charge in [0.1, 0.15) is 0 Å². The first-order chi connectivity index (χ1) is 8.16. The molecule has 94 valence electrons. The van der Waals surface area contributed by atoms with Gasteiger partial charge in [-0.05, 0) is 19.8 Å². The van der Waals surface area contributed by atoms with Crippen molar-refractivity contribution in [2.45, 2.75) is 57.8 Å². The zero-order valence-corrected chi connectivity index (χ0v) is 11.1. The van der Waals surface area contributed by atoms with Crippen LogP contribution >= 0.6 is 11.3 Å². The van der Waals surface area contributed by atoms with Gasteiger partial charge in [0, 0.05) is 10.8 Å². The smallest absolute Gasteiger partial charge is 0.308 e. The van der Waals surface area contributed by atoms with E-state index in [9.17, 15) is 4.79 Å². The van der Waals surface area contributed by atoms with E-state index in [1.807, 2.05) is 6.92 Å². The summed E-state index contributed by atoms with van der Waals surface area (Å²) >= 11 is 1.61. The van der Waals surface area contributed by atoms with Crippen molar-refractivity contribution in [3.8, 4) is 0 Å². The van der Waals surface area contributed by atoms with E-state index < -0.39 is 5.97 Å². The van der Waals surface area contributed by atoms with Crippen LogP contribution in [0.15, 0.2) is 0 Å². The van der Waals surface area contributed by atoms with Crippen LogP contribution in [-0.4, -0.2) is 16.1 Å². The highest BCUT2D eigenvalue weighted by Crippen LogP contribution is 2.35. The molecule has 0 saturated heterocycles. The van der Waals surface area contributed by atoms with E-state index in [0.717, 1.165) is 10.6 Å². The highest BCUT2D eigenvalue weighted by molar-refractivity contribution is 7.11. The van der Waals surface area contributed by atoms with E-state index in [2.05, 4.69) is 4.98 Å². The average molecular weight is 253 g/mol. The first kappa shape index (κ1) is 12.6. The number of thiazole rings is 1. The molecular weight excluding hydrogens is 234 g/mol. The van der Waals surface area contributed by atoms with Crippen LogP contribution in [0.25, 0.3) is 0 Å². The van der Waals surface area contributed by atoms with Gasteiger partial charge < -0.3 is 5.11 Å². The number of carbonyl (C=O) groups is 1. The van der Waals surface area contributed by atoms with Crippen LogP contribution in [-0.2, 0) is 11.2 Å². The standard InChI is InChI=1S/C13H19NO2S/c1-9-11(8-12(15)16)17-13(14-9)10-6-4-2-3-5-7-10/h10H,2-8H2,1H3,(H,15,16). The summed E-state index contributed by atoms with van der Waals surface area (Å²) in [5, 5.41) is 10.0. The Morgan fingerprint density at radius 3 is 2.59 bits per heavy atom. The molecule has 3 nitrogen and oxygen atoms in total. The number of aromatic nitrogens is 1. The molecule has 1 aliphatic carbocycles. The molecule has 0 unspecified atom stereocenters. The number of rotatable bonds is 3. The maximum absolute atomic E-state index is 10.7. The van der Waals surface area contributed by atoms with E-state index in [1.165, 1.54) is 43.5 Å². The Morgan fingerprint density at radius 1 is 1.35 bits per heavy atom. The predicted molar refractivity (Wildman–Crippen MR) is 68.6 cm³/mol. The second-order valence-corrected chi connectivity index (χ2v) is 5.93. The Hall–Kier alpha value is -0.900. The molecule has 0 aromatic carbocycles. The number of aryl methyl sites for hydroxylation is 1. The first-order valence-electron chi connectivity index (χ1n) is 6.35.